The molecule has 0 atom stereocenters. The maximum atomic E-state index is 11.9. The average molecular weight is 346 g/mol. The van der Waals surface area contributed by atoms with E-state index in [-0.39, 0.29) is 0 Å². The first-order chi connectivity index (χ1) is 11.4. The molecule has 1 aliphatic carbocycles. The van der Waals surface area contributed by atoms with Crippen molar-refractivity contribution in [2.75, 3.05) is 5.43 Å². The van der Waals surface area contributed by atoms with Crippen molar-refractivity contribution in [2.24, 2.45) is 0 Å². The standard InChI is InChI=1S/C17H22N4O2S/c1-17(2,3)23-16(22)21-20-14-11-7-4-5-8-12(11)18-15(19-14)13-9-6-10-24-13/h6,9-10H,4-5,7-8H2,1-3H3,(H,21,22)(H,18,19,20). The first-order valence-corrected chi connectivity index (χ1v) is 8.99. The number of amides is 1. The first kappa shape index (κ1) is 16.7. The summed E-state index contributed by atoms with van der Waals surface area (Å²) in [5.74, 6) is 1.35. The fourth-order valence-corrected chi connectivity index (χ4v) is 3.28. The van der Waals surface area contributed by atoms with Crippen LogP contribution in [0, 0.1) is 0 Å². The van der Waals surface area contributed by atoms with E-state index in [1.54, 1.807) is 11.3 Å². The predicted molar refractivity (Wildman–Crippen MR) is 95.0 cm³/mol. The van der Waals surface area contributed by atoms with Crippen LogP contribution in [0.4, 0.5) is 10.6 Å². The topological polar surface area (TPSA) is 76.1 Å². The highest BCUT2D eigenvalue weighted by Crippen LogP contribution is 2.29. The Balaban J connectivity index is 1.83. The number of anilines is 1. The van der Waals surface area contributed by atoms with Crippen LogP contribution in [-0.4, -0.2) is 21.7 Å². The SMILES string of the molecule is CC(C)(C)OC(=O)NNc1nc(-c2cccs2)nc2c1CCCC2. The summed E-state index contributed by atoms with van der Waals surface area (Å²) in [6, 6.07) is 3.98. The molecular weight excluding hydrogens is 324 g/mol. The number of nitrogens with zero attached hydrogens (tertiary/aromatic N) is 2. The molecule has 2 aromatic rings. The zero-order valence-electron chi connectivity index (χ0n) is 14.2. The molecule has 0 saturated carbocycles. The van der Waals surface area contributed by atoms with Crippen LogP contribution >= 0.6 is 11.3 Å². The van der Waals surface area contributed by atoms with Crippen LogP contribution in [0.5, 0.6) is 0 Å². The number of aromatic nitrogens is 2. The summed E-state index contributed by atoms with van der Waals surface area (Å²) in [6.07, 6.45) is 3.57. The minimum atomic E-state index is -0.543. The number of aryl methyl sites for hydroxylation is 1. The summed E-state index contributed by atoms with van der Waals surface area (Å²) < 4.78 is 5.25. The average Bonchev–Trinajstić information content (AvgIpc) is 3.05. The fraction of sp³-hybridized carbons (Fsp3) is 0.471. The van der Waals surface area contributed by atoms with Gasteiger partial charge in [-0.15, -0.1) is 11.3 Å². The molecule has 0 saturated heterocycles. The molecule has 7 heteroatoms. The van der Waals surface area contributed by atoms with E-state index in [4.69, 9.17) is 9.72 Å². The highest BCUT2D eigenvalue weighted by atomic mass is 32.1. The monoisotopic (exact) mass is 346 g/mol. The Morgan fingerprint density at radius 2 is 2.04 bits per heavy atom. The number of carbonyl (C=O) groups excluding carboxylic acids is 1. The lowest BCUT2D eigenvalue weighted by Crippen LogP contribution is -2.36. The molecule has 3 rings (SSSR count). The molecule has 2 heterocycles. The molecule has 0 fully saturated rings. The maximum Gasteiger partial charge on any atom is 0.426 e. The van der Waals surface area contributed by atoms with Crippen LogP contribution in [0.25, 0.3) is 10.7 Å². The van der Waals surface area contributed by atoms with Gasteiger partial charge in [0.05, 0.1) is 4.88 Å². The van der Waals surface area contributed by atoms with Crippen LogP contribution in [0.3, 0.4) is 0 Å². The van der Waals surface area contributed by atoms with E-state index in [1.165, 1.54) is 0 Å². The van der Waals surface area contributed by atoms with Crippen molar-refractivity contribution in [3.63, 3.8) is 0 Å². The minimum Gasteiger partial charge on any atom is -0.443 e. The lowest BCUT2D eigenvalue weighted by atomic mass is 9.96. The summed E-state index contributed by atoms with van der Waals surface area (Å²) in [7, 11) is 0. The number of nitrogens with one attached hydrogen (secondary N) is 2. The second-order valence-corrected chi connectivity index (χ2v) is 7.71. The zero-order chi connectivity index (χ0) is 17.2. The van der Waals surface area contributed by atoms with Gasteiger partial charge in [0, 0.05) is 11.3 Å². The van der Waals surface area contributed by atoms with Crippen LogP contribution in [-0.2, 0) is 17.6 Å². The van der Waals surface area contributed by atoms with Gasteiger partial charge in [0.15, 0.2) is 11.6 Å². The molecule has 0 aliphatic heterocycles. The van der Waals surface area contributed by atoms with Gasteiger partial charge in [-0.2, -0.15) is 0 Å². The zero-order valence-corrected chi connectivity index (χ0v) is 15.0. The van der Waals surface area contributed by atoms with Crippen molar-refractivity contribution in [3.05, 3.63) is 28.8 Å². The number of rotatable bonds is 3. The second kappa shape index (κ2) is 6.76. The Kier molecular flexibility index (Phi) is 4.71. The van der Waals surface area contributed by atoms with Crippen LogP contribution in [0.15, 0.2) is 17.5 Å². The van der Waals surface area contributed by atoms with Crippen LogP contribution in [0.2, 0.25) is 0 Å². The normalized spacial score (nSPS) is 14.0. The quantitative estimate of drug-likeness (QED) is 0.823. The summed E-state index contributed by atoms with van der Waals surface area (Å²) in [5.41, 5.74) is 7.11. The summed E-state index contributed by atoms with van der Waals surface area (Å²) in [5, 5.41) is 2.00. The van der Waals surface area contributed by atoms with E-state index in [0.29, 0.717) is 11.6 Å². The van der Waals surface area contributed by atoms with Crippen molar-refractivity contribution in [3.8, 4) is 10.7 Å². The van der Waals surface area contributed by atoms with E-state index in [2.05, 4.69) is 15.8 Å². The number of hydrazine groups is 1. The van der Waals surface area contributed by atoms with Gasteiger partial charge in [0.1, 0.15) is 5.60 Å². The molecule has 0 aromatic carbocycles. The van der Waals surface area contributed by atoms with Crippen molar-refractivity contribution in [2.45, 2.75) is 52.1 Å². The van der Waals surface area contributed by atoms with Gasteiger partial charge in [-0.05, 0) is 57.9 Å². The molecule has 2 N–H and O–H groups in total. The van der Waals surface area contributed by atoms with E-state index in [9.17, 15) is 4.79 Å². The number of thiophene rings is 1. The summed E-state index contributed by atoms with van der Waals surface area (Å²) in [4.78, 5) is 22.2. The molecule has 0 spiro atoms. The predicted octanol–water partition coefficient (Wildman–Crippen LogP) is 3.94. The van der Waals surface area contributed by atoms with E-state index in [1.807, 2.05) is 38.3 Å². The second-order valence-electron chi connectivity index (χ2n) is 6.76. The Morgan fingerprint density at radius 1 is 1.25 bits per heavy atom. The number of ether oxygens (including phenoxy) is 1. The molecule has 2 aromatic heterocycles. The van der Waals surface area contributed by atoms with Gasteiger partial charge >= 0.3 is 6.09 Å². The van der Waals surface area contributed by atoms with Crippen molar-refractivity contribution >= 4 is 23.2 Å². The van der Waals surface area contributed by atoms with Crippen molar-refractivity contribution in [1.82, 2.24) is 15.4 Å². The third-order valence-electron chi connectivity index (χ3n) is 3.61. The molecular formula is C17H22N4O2S. The molecule has 1 amide bonds. The molecule has 6 nitrogen and oxygen atoms in total. The van der Waals surface area contributed by atoms with Crippen LogP contribution < -0.4 is 10.9 Å². The molecule has 128 valence electrons. The molecule has 1 aliphatic rings. The van der Waals surface area contributed by atoms with E-state index < -0.39 is 11.7 Å². The number of hydrogen-bond donors (Lipinski definition) is 2. The van der Waals surface area contributed by atoms with Crippen molar-refractivity contribution < 1.29 is 9.53 Å². The minimum absolute atomic E-state index is 0.525. The molecule has 0 bridgehead atoms. The fourth-order valence-electron chi connectivity index (χ4n) is 2.63. The van der Waals surface area contributed by atoms with Gasteiger partial charge < -0.3 is 4.74 Å². The van der Waals surface area contributed by atoms with Crippen LogP contribution in [0.1, 0.15) is 44.9 Å². The number of hydrogen-bond acceptors (Lipinski definition) is 6. The highest BCUT2D eigenvalue weighted by molar-refractivity contribution is 7.13. The smallest absolute Gasteiger partial charge is 0.426 e. The number of fused-ring (bicyclic) bond motifs is 1. The molecule has 0 unspecified atom stereocenters. The summed E-state index contributed by atoms with van der Waals surface area (Å²) >= 11 is 1.60. The Bertz CT molecular complexity index is 723. The Hall–Kier alpha value is -2.15. The van der Waals surface area contributed by atoms with Gasteiger partial charge in [-0.25, -0.2) is 20.2 Å². The lowest BCUT2D eigenvalue weighted by molar-refractivity contribution is 0.0541. The summed E-state index contributed by atoms with van der Waals surface area (Å²) in [6.45, 7) is 5.48. The maximum absolute atomic E-state index is 11.9. The Labute approximate surface area is 145 Å². The molecule has 24 heavy (non-hydrogen) atoms. The third-order valence-corrected chi connectivity index (χ3v) is 4.47. The van der Waals surface area contributed by atoms with Gasteiger partial charge in [-0.3, -0.25) is 5.43 Å². The third kappa shape index (κ3) is 4.03. The number of carbonyl (C=O) groups is 1. The van der Waals surface area contributed by atoms with E-state index >= 15 is 0 Å². The first-order valence-electron chi connectivity index (χ1n) is 8.11. The van der Waals surface area contributed by atoms with Gasteiger partial charge in [-0.1, -0.05) is 6.07 Å². The highest BCUT2D eigenvalue weighted by Gasteiger charge is 2.20. The van der Waals surface area contributed by atoms with E-state index in [0.717, 1.165) is 41.8 Å². The lowest BCUT2D eigenvalue weighted by Gasteiger charge is -2.22. The van der Waals surface area contributed by atoms with Gasteiger partial charge in [0.25, 0.3) is 0 Å². The molecule has 0 radical (unpaired) electrons. The van der Waals surface area contributed by atoms with Crippen molar-refractivity contribution in [1.29, 1.82) is 0 Å². The largest absolute Gasteiger partial charge is 0.443 e. The van der Waals surface area contributed by atoms with Gasteiger partial charge in [0.2, 0.25) is 0 Å². The Morgan fingerprint density at radius 3 is 2.75 bits per heavy atom.